The first-order chi connectivity index (χ1) is 6.69. The van der Waals surface area contributed by atoms with Gasteiger partial charge in [-0.05, 0) is 7.05 Å². The second kappa shape index (κ2) is 5.16. The predicted molar refractivity (Wildman–Crippen MR) is 52.4 cm³/mol. The lowest BCUT2D eigenvalue weighted by Gasteiger charge is -2.14. The molecule has 14 heavy (non-hydrogen) atoms. The maximum Gasteiger partial charge on any atom is 0.178 e. The third kappa shape index (κ3) is 2.58. The summed E-state index contributed by atoms with van der Waals surface area (Å²) in [7, 11) is 1.67. The summed E-state index contributed by atoms with van der Waals surface area (Å²) in [6, 6.07) is 0. The van der Waals surface area contributed by atoms with Crippen molar-refractivity contribution in [2.24, 2.45) is 0 Å². The van der Waals surface area contributed by atoms with E-state index in [-0.39, 0.29) is 6.54 Å². The summed E-state index contributed by atoms with van der Waals surface area (Å²) in [5, 5.41) is 23.6. The van der Waals surface area contributed by atoms with Gasteiger partial charge in [0, 0.05) is 11.9 Å². The highest BCUT2D eigenvalue weighted by atomic mass is 32.1. The van der Waals surface area contributed by atoms with E-state index in [1.165, 1.54) is 0 Å². The van der Waals surface area contributed by atoms with E-state index in [9.17, 15) is 15.0 Å². The third-order valence-corrected chi connectivity index (χ3v) is 2.51. The van der Waals surface area contributed by atoms with Crippen molar-refractivity contribution in [2.45, 2.75) is 12.2 Å². The van der Waals surface area contributed by atoms with Gasteiger partial charge in [0.2, 0.25) is 0 Å². The first-order valence-corrected chi connectivity index (χ1v) is 4.98. The fraction of sp³-hybridized carbons (Fsp3) is 0.500. The zero-order chi connectivity index (χ0) is 10.6. The van der Waals surface area contributed by atoms with Crippen molar-refractivity contribution in [3.8, 4) is 0 Å². The van der Waals surface area contributed by atoms with Crippen LogP contribution in [0.15, 0.2) is 5.38 Å². The molecular formula is C8H12N2O3S. The van der Waals surface area contributed by atoms with Crippen molar-refractivity contribution in [1.82, 2.24) is 10.3 Å². The van der Waals surface area contributed by atoms with Crippen LogP contribution >= 0.6 is 11.3 Å². The molecule has 0 spiro atoms. The Bertz CT molecular complexity index is 303. The molecule has 0 aliphatic heterocycles. The average molecular weight is 216 g/mol. The Kier molecular flexibility index (Phi) is 4.15. The molecule has 1 aromatic rings. The summed E-state index contributed by atoms with van der Waals surface area (Å²) in [5.74, 6) is 0. The first kappa shape index (κ1) is 11.3. The molecule has 2 unspecified atom stereocenters. The highest BCUT2D eigenvalue weighted by Crippen LogP contribution is 2.18. The molecule has 78 valence electrons. The van der Waals surface area contributed by atoms with Gasteiger partial charge in [0.25, 0.3) is 0 Å². The highest BCUT2D eigenvalue weighted by molar-refractivity contribution is 7.11. The van der Waals surface area contributed by atoms with Gasteiger partial charge in [-0.2, -0.15) is 0 Å². The van der Waals surface area contributed by atoms with Crippen LogP contribution in [0.3, 0.4) is 0 Å². The molecule has 1 rings (SSSR count). The van der Waals surface area contributed by atoms with Crippen molar-refractivity contribution in [3.05, 3.63) is 16.1 Å². The summed E-state index contributed by atoms with van der Waals surface area (Å²) in [6.07, 6.45) is -1.35. The summed E-state index contributed by atoms with van der Waals surface area (Å²) in [6.45, 7) is 0.273. The number of thiazole rings is 1. The molecule has 0 fully saturated rings. The number of likely N-dealkylation sites (N-methyl/N-ethyl adjacent to an activating group) is 1. The molecule has 6 heteroatoms. The molecule has 0 bridgehead atoms. The number of rotatable bonds is 5. The van der Waals surface area contributed by atoms with Gasteiger partial charge in [-0.3, -0.25) is 4.79 Å². The van der Waals surface area contributed by atoms with E-state index in [4.69, 9.17) is 0 Å². The second-order valence-electron chi connectivity index (χ2n) is 2.80. The van der Waals surface area contributed by atoms with Crippen LogP contribution in [0.2, 0.25) is 0 Å². The number of hydrogen-bond donors (Lipinski definition) is 3. The van der Waals surface area contributed by atoms with Gasteiger partial charge in [-0.15, -0.1) is 11.3 Å². The van der Waals surface area contributed by atoms with Crippen LogP contribution in [0.1, 0.15) is 21.6 Å². The molecule has 0 saturated heterocycles. The summed E-state index contributed by atoms with van der Waals surface area (Å²) < 4.78 is 0. The van der Waals surface area contributed by atoms with Crippen molar-refractivity contribution in [3.63, 3.8) is 0 Å². The Labute approximate surface area is 85.4 Å². The fourth-order valence-corrected chi connectivity index (χ4v) is 1.66. The predicted octanol–water partition coefficient (Wildman–Crippen LogP) is -0.431. The van der Waals surface area contributed by atoms with Crippen molar-refractivity contribution in [2.75, 3.05) is 13.6 Å². The Balaban J connectivity index is 2.67. The van der Waals surface area contributed by atoms with Crippen LogP contribution in [0, 0.1) is 0 Å². The van der Waals surface area contributed by atoms with E-state index < -0.39 is 12.2 Å². The summed E-state index contributed by atoms with van der Waals surface area (Å²) >= 11 is 1.14. The summed E-state index contributed by atoms with van der Waals surface area (Å²) in [4.78, 5) is 14.2. The number of nitrogens with zero attached hydrogens (tertiary/aromatic N) is 1. The number of aromatic nitrogens is 1. The Morgan fingerprint density at radius 1 is 1.71 bits per heavy atom. The van der Waals surface area contributed by atoms with Gasteiger partial charge >= 0.3 is 0 Å². The van der Waals surface area contributed by atoms with E-state index in [2.05, 4.69) is 10.3 Å². The van der Waals surface area contributed by atoms with E-state index >= 15 is 0 Å². The van der Waals surface area contributed by atoms with Gasteiger partial charge in [0.1, 0.15) is 6.10 Å². The number of hydrogen-bond acceptors (Lipinski definition) is 6. The second-order valence-corrected chi connectivity index (χ2v) is 3.69. The maximum absolute atomic E-state index is 10.3. The molecule has 1 aromatic heterocycles. The van der Waals surface area contributed by atoms with Crippen LogP contribution in [0.25, 0.3) is 0 Å². The minimum absolute atomic E-state index is 0.273. The molecule has 0 amide bonds. The molecule has 0 saturated carbocycles. The van der Waals surface area contributed by atoms with E-state index in [1.54, 1.807) is 12.4 Å². The molecule has 2 atom stereocenters. The number of carbonyl (C=O) groups is 1. The molecule has 3 N–H and O–H groups in total. The lowest BCUT2D eigenvalue weighted by Crippen LogP contribution is -2.29. The zero-order valence-corrected chi connectivity index (χ0v) is 8.49. The lowest BCUT2D eigenvalue weighted by atomic mass is 10.1. The normalized spacial score (nSPS) is 15.1. The Morgan fingerprint density at radius 3 is 2.93 bits per heavy atom. The topological polar surface area (TPSA) is 82.5 Å². The van der Waals surface area contributed by atoms with Crippen LogP contribution in [0.4, 0.5) is 0 Å². The third-order valence-electron chi connectivity index (χ3n) is 1.72. The SMILES string of the molecule is CNCC(O)C(O)c1csc(C=O)n1. The molecular weight excluding hydrogens is 204 g/mol. The Morgan fingerprint density at radius 2 is 2.43 bits per heavy atom. The summed E-state index contributed by atoms with van der Waals surface area (Å²) in [5.41, 5.74) is 0.333. The van der Waals surface area contributed by atoms with Gasteiger partial charge in [0.05, 0.1) is 11.8 Å². The Hall–Kier alpha value is -0.820. The van der Waals surface area contributed by atoms with Gasteiger partial charge in [-0.25, -0.2) is 4.98 Å². The number of aliphatic hydroxyl groups excluding tert-OH is 2. The standard InChI is InChI=1S/C8H12N2O3S/c1-9-2-6(12)8(13)5-4-14-7(3-11)10-5/h3-4,6,8-9,12-13H,2H2,1H3. The van der Waals surface area contributed by atoms with Crippen LogP contribution in [-0.2, 0) is 0 Å². The molecule has 0 aromatic carbocycles. The number of carbonyl (C=O) groups excluding carboxylic acids is 1. The van der Waals surface area contributed by atoms with E-state index in [0.29, 0.717) is 17.0 Å². The minimum atomic E-state index is -1.05. The number of aldehydes is 1. The van der Waals surface area contributed by atoms with Crippen molar-refractivity contribution >= 4 is 17.6 Å². The van der Waals surface area contributed by atoms with Crippen LogP contribution < -0.4 is 5.32 Å². The van der Waals surface area contributed by atoms with Gasteiger partial charge < -0.3 is 15.5 Å². The number of nitrogens with one attached hydrogen (secondary N) is 1. The highest BCUT2D eigenvalue weighted by Gasteiger charge is 2.20. The fourth-order valence-electron chi connectivity index (χ4n) is 1.01. The van der Waals surface area contributed by atoms with Gasteiger partial charge in [0.15, 0.2) is 11.3 Å². The number of aliphatic hydroxyl groups is 2. The molecule has 0 radical (unpaired) electrons. The first-order valence-electron chi connectivity index (χ1n) is 4.10. The van der Waals surface area contributed by atoms with E-state index in [0.717, 1.165) is 11.3 Å². The largest absolute Gasteiger partial charge is 0.389 e. The molecule has 0 aliphatic carbocycles. The molecule has 1 heterocycles. The van der Waals surface area contributed by atoms with Gasteiger partial charge in [-0.1, -0.05) is 0 Å². The zero-order valence-electron chi connectivity index (χ0n) is 7.67. The van der Waals surface area contributed by atoms with E-state index in [1.807, 2.05) is 0 Å². The maximum atomic E-state index is 10.3. The van der Waals surface area contributed by atoms with Crippen LogP contribution in [-0.4, -0.2) is 41.2 Å². The lowest BCUT2D eigenvalue weighted by molar-refractivity contribution is 0.0180. The van der Waals surface area contributed by atoms with Crippen molar-refractivity contribution < 1.29 is 15.0 Å². The molecule has 0 aliphatic rings. The molecule has 5 nitrogen and oxygen atoms in total. The quantitative estimate of drug-likeness (QED) is 0.582. The smallest absolute Gasteiger partial charge is 0.178 e. The average Bonchev–Trinajstić information content (AvgIpc) is 2.65. The van der Waals surface area contributed by atoms with Crippen LogP contribution in [0.5, 0.6) is 0 Å². The minimum Gasteiger partial charge on any atom is -0.389 e. The van der Waals surface area contributed by atoms with Crippen molar-refractivity contribution in [1.29, 1.82) is 0 Å². The monoisotopic (exact) mass is 216 g/mol.